The first-order valence-corrected chi connectivity index (χ1v) is 14.9. The Labute approximate surface area is 237 Å². The molecule has 2 aromatic rings. The second kappa shape index (κ2) is 10.9. The normalized spacial score (nSPS) is 18.7. The number of aromatic nitrogens is 1. The van der Waals surface area contributed by atoms with Gasteiger partial charge in [0.15, 0.2) is 5.82 Å². The molecule has 1 atom stereocenters. The van der Waals surface area contributed by atoms with Gasteiger partial charge < -0.3 is 24.3 Å². The second-order valence-corrected chi connectivity index (χ2v) is 13.7. The molecule has 1 aromatic carbocycles. The van der Waals surface area contributed by atoms with Crippen LogP contribution >= 0.6 is 0 Å². The van der Waals surface area contributed by atoms with E-state index in [0.29, 0.717) is 48.9 Å². The van der Waals surface area contributed by atoms with Gasteiger partial charge in [0.25, 0.3) is 0 Å². The second-order valence-electron chi connectivity index (χ2n) is 11.5. The molecule has 3 heterocycles. The number of rotatable bonds is 5. The van der Waals surface area contributed by atoms with Crippen LogP contribution < -0.4 is 14.7 Å². The van der Waals surface area contributed by atoms with Crippen LogP contribution in [0.25, 0.3) is 0 Å². The van der Waals surface area contributed by atoms with Gasteiger partial charge >= 0.3 is 6.09 Å². The summed E-state index contributed by atoms with van der Waals surface area (Å²) in [7, 11) is 2.99. The molecule has 0 spiro atoms. The van der Waals surface area contributed by atoms with Gasteiger partial charge in [0.1, 0.15) is 17.5 Å². The summed E-state index contributed by atoms with van der Waals surface area (Å²) >= 11 is 0. The predicted molar refractivity (Wildman–Crippen MR) is 156 cm³/mol. The third kappa shape index (κ3) is 5.73. The highest BCUT2D eigenvalue weighted by atomic mass is 32.2. The van der Waals surface area contributed by atoms with E-state index in [0.717, 1.165) is 0 Å². The lowest BCUT2D eigenvalue weighted by atomic mass is 9.99. The molecule has 0 unspecified atom stereocenters. The fraction of sp³-hybridized carbons (Fsp3) is 0.536. The van der Waals surface area contributed by atoms with Gasteiger partial charge in [-0.3, -0.25) is 4.79 Å². The number of sulfonamides is 1. The third-order valence-electron chi connectivity index (χ3n) is 7.39. The molecule has 0 aliphatic carbocycles. The van der Waals surface area contributed by atoms with Crippen LogP contribution in [0.2, 0.25) is 0 Å². The fourth-order valence-electron chi connectivity index (χ4n) is 5.11. The van der Waals surface area contributed by atoms with E-state index in [2.05, 4.69) is 4.90 Å². The van der Waals surface area contributed by atoms with Crippen LogP contribution in [0.1, 0.15) is 40.5 Å². The monoisotopic (exact) mass is 572 g/mol. The molecule has 4 rings (SSSR count). The van der Waals surface area contributed by atoms with E-state index < -0.39 is 21.7 Å². The van der Waals surface area contributed by atoms with Crippen molar-refractivity contribution in [2.75, 3.05) is 56.0 Å². The number of likely N-dealkylation sites (N-methyl/N-ethyl adjacent to an activating group) is 1. The number of piperidine rings is 1. The molecule has 0 radical (unpaired) electrons. The number of amides is 2. The molecule has 40 heavy (non-hydrogen) atoms. The smallest absolute Gasteiger partial charge is 0.410 e. The Morgan fingerprint density at radius 1 is 1.07 bits per heavy atom. The number of carbonyl (C=O) groups is 2. The Morgan fingerprint density at radius 3 is 2.33 bits per heavy atom. The third-order valence-corrected chi connectivity index (χ3v) is 9.20. The van der Waals surface area contributed by atoms with Gasteiger partial charge in [-0.15, -0.1) is 0 Å². The van der Waals surface area contributed by atoms with E-state index in [-0.39, 0.29) is 22.9 Å². The van der Waals surface area contributed by atoms with Crippen molar-refractivity contribution in [2.45, 2.75) is 63.1 Å². The maximum absolute atomic E-state index is 13.2. The molecular formula is C28H40N6O5S. The highest BCUT2D eigenvalue weighted by Gasteiger charge is 2.40. The molecule has 2 aliphatic heterocycles. The van der Waals surface area contributed by atoms with Gasteiger partial charge in [0, 0.05) is 53.0 Å². The SMILES string of the molecule is C[C@@H]1C(=O)N(C)c2ccc(N(C)c3cccc(S(=O)(=O)N(C)C)c3)nc2N1C1CCN(C(=O)OC(C)(C)C)CC1. The molecule has 2 aliphatic rings. The molecule has 11 nitrogen and oxygen atoms in total. The fourth-order valence-corrected chi connectivity index (χ4v) is 6.05. The number of pyridine rings is 1. The van der Waals surface area contributed by atoms with E-state index in [1.54, 1.807) is 35.0 Å². The van der Waals surface area contributed by atoms with Crippen LogP contribution in [0.5, 0.6) is 0 Å². The number of nitrogens with zero attached hydrogens (tertiary/aromatic N) is 6. The molecular weight excluding hydrogens is 532 g/mol. The van der Waals surface area contributed by atoms with Crippen molar-refractivity contribution in [3.63, 3.8) is 0 Å². The average Bonchev–Trinajstić information content (AvgIpc) is 2.90. The van der Waals surface area contributed by atoms with E-state index in [1.165, 1.54) is 18.4 Å². The largest absolute Gasteiger partial charge is 0.444 e. The number of anilines is 4. The first-order valence-electron chi connectivity index (χ1n) is 13.4. The first-order chi connectivity index (χ1) is 18.6. The summed E-state index contributed by atoms with van der Waals surface area (Å²) in [5.74, 6) is 1.28. The highest BCUT2D eigenvalue weighted by Crippen LogP contribution is 2.39. The van der Waals surface area contributed by atoms with Gasteiger partial charge in [-0.25, -0.2) is 22.5 Å². The number of benzene rings is 1. The minimum atomic E-state index is -3.60. The number of fused-ring (bicyclic) bond motifs is 1. The maximum Gasteiger partial charge on any atom is 0.410 e. The molecule has 0 bridgehead atoms. The van der Waals surface area contributed by atoms with Crippen LogP contribution in [0.15, 0.2) is 41.3 Å². The van der Waals surface area contributed by atoms with E-state index >= 15 is 0 Å². The van der Waals surface area contributed by atoms with E-state index in [1.807, 2.05) is 57.8 Å². The summed E-state index contributed by atoms with van der Waals surface area (Å²) < 4.78 is 32.1. The Morgan fingerprint density at radius 2 is 1.73 bits per heavy atom. The summed E-state index contributed by atoms with van der Waals surface area (Å²) in [6.45, 7) is 8.48. The first kappa shape index (κ1) is 29.6. The minimum absolute atomic E-state index is 0.00621. The Balaban J connectivity index is 1.63. The maximum atomic E-state index is 13.2. The quantitative estimate of drug-likeness (QED) is 0.534. The van der Waals surface area contributed by atoms with Crippen molar-refractivity contribution in [3.8, 4) is 0 Å². The van der Waals surface area contributed by atoms with Crippen molar-refractivity contribution in [2.24, 2.45) is 0 Å². The predicted octanol–water partition coefficient (Wildman–Crippen LogP) is 3.67. The van der Waals surface area contributed by atoms with Crippen LogP contribution in [0, 0.1) is 0 Å². The van der Waals surface area contributed by atoms with Crippen molar-refractivity contribution in [3.05, 3.63) is 36.4 Å². The summed E-state index contributed by atoms with van der Waals surface area (Å²) in [5.41, 5.74) is 0.813. The zero-order chi connectivity index (χ0) is 29.6. The standard InChI is InChI=1S/C28H40N6O5S/c1-19-26(35)32(8)23-12-13-24(31(7)21-10-9-11-22(18-21)40(37,38)30(5)6)29-25(23)34(19)20-14-16-33(17-15-20)27(36)39-28(2,3)4/h9-13,18-20H,14-17H2,1-8H3/t19-/m1/s1. The van der Waals surface area contributed by atoms with Crippen LogP contribution in [-0.2, 0) is 19.6 Å². The molecule has 12 heteroatoms. The molecule has 218 valence electrons. The Hall–Kier alpha value is -3.38. The summed E-state index contributed by atoms with van der Waals surface area (Å²) in [4.78, 5) is 38.3. The van der Waals surface area contributed by atoms with Crippen LogP contribution in [-0.4, -0.2) is 93.6 Å². The number of hydrogen-bond acceptors (Lipinski definition) is 8. The van der Waals surface area contributed by atoms with Crippen molar-refractivity contribution in [1.82, 2.24) is 14.2 Å². The van der Waals surface area contributed by atoms with Crippen LogP contribution in [0.3, 0.4) is 0 Å². The number of ether oxygens (including phenoxy) is 1. The molecule has 0 N–H and O–H groups in total. The molecule has 1 fully saturated rings. The Bertz CT molecular complexity index is 1380. The highest BCUT2D eigenvalue weighted by molar-refractivity contribution is 7.89. The topological polar surface area (TPSA) is 107 Å². The lowest BCUT2D eigenvalue weighted by Gasteiger charge is -2.46. The van der Waals surface area contributed by atoms with E-state index in [4.69, 9.17) is 9.72 Å². The lowest BCUT2D eigenvalue weighted by molar-refractivity contribution is -0.119. The number of hydrogen-bond donors (Lipinski definition) is 0. The number of carbonyl (C=O) groups excluding carboxylic acids is 2. The molecule has 1 aromatic heterocycles. The average molecular weight is 573 g/mol. The minimum Gasteiger partial charge on any atom is -0.444 e. The van der Waals surface area contributed by atoms with E-state index in [9.17, 15) is 18.0 Å². The molecule has 2 amide bonds. The van der Waals surface area contributed by atoms with Gasteiger partial charge in [-0.1, -0.05) is 6.07 Å². The van der Waals surface area contributed by atoms with Gasteiger partial charge in [-0.05, 0) is 70.9 Å². The Kier molecular flexibility index (Phi) is 8.06. The summed E-state index contributed by atoms with van der Waals surface area (Å²) in [5, 5.41) is 0. The van der Waals surface area contributed by atoms with Crippen molar-refractivity contribution in [1.29, 1.82) is 0 Å². The van der Waals surface area contributed by atoms with Gasteiger partial charge in [0.05, 0.1) is 10.6 Å². The van der Waals surface area contributed by atoms with Crippen molar-refractivity contribution < 1.29 is 22.7 Å². The van der Waals surface area contributed by atoms with Gasteiger partial charge in [0.2, 0.25) is 15.9 Å². The zero-order valence-electron chi connectivity index (χ0n) is 24.6. The van der Waals surface area contributed by atoms with Crippen molar-refractivity contribution >= 4 is 45.0 Å². The number of likely N-dealkylation sites (tertiary alicyclic amines) is 1. The van der Waals surface area contributed by atoms with Gasteiger partial charge in [-0.2, -0.15) is 0 Å². The zero-order valence-corrected chi connectivity index (χ0v) is 25.4. The molecule has 1 saturated heterocycles. The lowest BCUT2D eigenvalue weighted by Crippen LogP contribution is -2.57. The van der Waals surface area contributed by atoms with Crippen LogP contribution in [0.4, 0.5) is 27.8 Å². The molecule has 0 saturated carbocycles. The summed E-state index contributed by atoms with van der Waals surface area (Å²) in [6, 6.07) is 10.0. The summed E-state index contributed by atoms with van der Waals surface area (Å²) in [6.07, 6.45) is 1.02.